The number of hydrogen-bond donors (Lipinski definition) is 0. The van der Waals surface area contributed by atoms with Crippen LogP contribution in [0.15, 0.2) is 22.7 Å². The first kappa shape index (κ1) is 15.7. The number of halogens is 1. The second-order valence-corrected chi connectivity index (χ2v) is 4.48. The van der Waals surface area contributed by atoms with Crippen molar-refractivity contribution in [1.29, 1.82) is 0 Å². The molecule has 0 spiro atoms. The SMILES string of the molecule is CC.CCCC(CCC)c1noc2cc(F)ccc12. The Labute approximate surface area is 115 Å². The van der Waals surface area contributed by atoms with Gasteiger partial charge >= 0.3 is 0 Å². The molecule has 1 aromatic carbocycles. The van der Waals surface area contributed by atoms with Crippen molar-refractivity contribution < 1.29 is 8.91 Å². The van der Waals surface area contributed by atoms with Crippen molar-refractivity contribution in [2.24, 2.45) is 0 Å². The number of fused-ring (bicyclic) bond motifs is 1. The summed E-state index contributed by atoms with van der Waals surface area (Å²) < 4.78 is 18.3. The first-order valence-electron chi connectivity index (χ1n) is 7.31. The zero-order valence-electron chi connectivity index (χ0n) is 12.4. The second-order valence-electron chi connectivity index (χ2n) is 4.48. The van der Waals surface area contributed by atoms with E-state index in [1.54, 1.807) is 6.07 Å². The number of hydrogen-bond acceptors (Lipinski definition) is 2. The Morgan fingerprint density at radius 3 is 2.37 bits per heavy atom. The average Bonchev–Trinajstić information content (AvgIpc) is 2.83. The molecule has 19 heavy (non-hydrogen) atoms. The number of nitrogens with zero attached hydrogens (tertiary/aromatic N) is 1. The van der Waals surface area contributed by atoms with Crippen LogP contribution < -0.4 is 0 Å². The lowest BCUT2D eigenvalue weighted by Crippen LogP contribution is -1.99. The predicted octanol–water partition coefficient (Wildman–Crippen LogP) is 5.68. The molecule has 0 unspecified atom stereocenters. The summed E-state index contributed by atoms with van der Waals surface area (Å²) in [5.74, 6) is 0.152. The van der Waals surface area contributed by atoms with Crippen LogP contribution in [0.1, 0.15) is 65.0 Å². The van der Waals surface area contributed by atoms with Gasteiger partial charge in [-0.05, 0) is 25.0 Å². The Bertz CT molecular complexity index is 486. The van der Waals surface area contributed by atoms with Crippen molar-refractivity contribution in [3.63, 3.8) is 0 Å². The van der Waals surface area contributed by atoms with E-state index in [2.05, 4.69) is 19.0 Å². The molecule has 0 aliphatic carbocycles. The van der Waals surface area contributed by atoms with Crippen LogP contribution in [0, 0.1) is 5.82 Å². The number of rotatable bonds is 5. The van der Waals surface area contributed by atoms with Gasteiger partial charge in [0.15, 0.2) is 5.58 Å². The standard InChI is InChI=1S/C14H18FNO.C2H6/c1-3-5-10(6-4-2)14-12-8-7-11(15)9-13(12)17-16-14;1-2/h7-10H,3-6H2,1-2H3;1-2H3. The highest BCUT2D eigenvalue weighted by Gasteiger charge is 2.18. The van der Waals surface area contributed by atoms with E-state index in [1.165, 1.54) is 12.1 Å². The maximum atomic E-state index is 13.1. The Hall–Kier alpha value is -1.38. The normalized spacial score (nSPS) is 10.6. The van der Waals surface area contributed by atoms with Gasteiger partial charge in [0, 0.05) is 17.4 Å². The van der Waals surface area contributed by atoms with E-state index in [0.29, 0.717) is 11.5 Å². The minimum atomic E-state index is -0.275. The summed E-state index contributed by atoms with van der Waals surface area (Å²) in [5.41, 5.74) is 1.54. The minimum Gasteiger partial charge on any atom is -0.356 e. The van der Waals surface area contributed by atoms with Crippen LogP contribution in [0.4, 0.5) is 4.39 Å². The summed E-state index contributed by atoms with van der Waals surface area (Å²) in [4.78, 5) is 0. The molecule has 2 aromatic rings. The molecule has 0 atom stereocenters. The third-order valence-corrected chi connectivity index (χ3v) is 3.12. The predicted molar refractivity (Wildman–Crippen MR) is 77.9 cm³/mol. The largest absolute Gasteiger partial charge is 0.356 e. The van der Waals surface area contributed by atoms with Crippen LogP contribution in [0.3, 0.4) is 0 Å². The molecule has 2 nitrogen and oxygen atoms in total. The van der Waals surface area contributed by atoms with Gasteiger partial charge in [-0.15, -0.1) is 0 Å². The monoisotopic (exact) mass is 265 g/mol. The van der Waals surface area contributed by atoms with Gasteiger partial charge in [-0.3, -0.25) is 0 Å². The molecule has 0 aliphatic heterocycles. The summed E-state index contributed by atoms with van der Waals surface area (Å²) in [6, 6.07) is 4.65. The van der Waals surface area contributed by atoms with Gasteiger partial charge in [0.1, 0.15) is 5.82 Å². The molecule has 3 heteroatoms. The van der Waals surface area contributed by atoms with Gasteiger partial charge in [0.05, 0.1) is 5.69 Å². The third kappa shape index (κ3) is 3.79. The fourth-order valence-electron chi connectivity index (χ4n) is 2.34. The minimum absolute atomic E-state index is 0.275. The first-order valence-corrected chi connectivity index (χ1v) is 7.31. The quantitative estimate of drug-likeness (QED) is 0.695. The zero-order valence-corrected chi connectivity index (χ0v) is 12.4. The van der Waals surface area contributed by atoms with Gasteiger partial charge in [0.25, 0.3) is 0 Å². The highest BCUT2D eigenvalue weighted by molar-refractivity contribution is 5.79. The van der Waals surface area contributed by atoms with E-state index < -0.39 is 0 Å². The maximum absolute atomic E-state index is 13.1. The van der Waals surface area contributed by atoms with E-state index in [0.717, 1.165) is 36.8 Å². The Morgan fingerprint density at radius 1 is 1.16 bits per heavy atom. The molecule has 1 heterocycles. The zero-order chi connectivity index (χ0) is 14.3. The summed E-state index contributed by atoms with van der Waals surface area (Å²) >= 11 is 0. The Morgan fingerprint density at radius 2 is 1.79 bits per heavy atom. The van der Waals surface area contributed by atoms with Crippen molar-refractivity contribution in [3.05, 3.63) is 29.7 Å². The van der Waals surface area contributed by atoms with Crippen molar-refractivity contribution in [2.75, 3.05) is 0 Å². The van der Waals surface area contributed by atoms with Gasteiger partial charge < -0.3 is 4.52 Å². The summed E-state index contributed by atoms with van der Waals surface area (Å²) in [7, 11) is 0. The van der Waals surface area contributed by atoms with Crippen LogP contribution in [-0.4, -0.2) is 5.16 Å². The van der Waals surface area contributed by atoms with Gasteiger partial charge in [-0.1, -0.05) is 45.7 Å². The molecule has 0 amide bonds. The van der Waals surface area contributed by atoms with Crippen molar-refractivity contribution >= 4 is 11.0 Å². The molecular weight excluding hydrogens is 241 g/mol. The van der Waals surface area contributed by atoms with Gasteiger partial charge in [0.2, 0.25) is 0 Å². The maximum Gasteiger partial charge on any atom is 0.170 e. The van der Waals surface area contributed by atoms with Crippen LogP contribution in [0.2, 0.25) is 0 Å². The molecule has 0 fully saturated rings. The van der Waals surface area contributed by atoms with Crippen LogP contribution in [-0.2, 0) is 0 Å². The lowest BCUT2D eigenvalue weighted by atomic mass is 9.93. The van der Waals surface area contributed by atoms with Crippen molar-refractivity contribution in [3.8, 4) is 0 Å². The molecule has 0 aliphatic rings. The molecule has 2 rings (SSSR count). The number of benzene rings is 1. The van der Waals surface area contributed by atoms with E-state index in [-0.39, 0.29) is 5.82 Å². The summed E-state index contributed by atoms with van der Waals surface area (Å²) in [6.45, 7) is 8.34. The summed E-state index contributed by atoms with van der Waals surface area (Å²) in [5, 5.41) is 5.09. The van der Waals surface area contributed by atoms with E-state index >= 15 is 0 Å². The second kappa shape index (κ2) is 7.93. The van der Waals surface area contributed by atoms with Gasteiger partial charge in [-0.2, -0.15) is 0 Å². The molecule has 1 aromatic heterocycles. The highest BCUT2D eigenvalue weighted by Crippen LogP contribution is 2.31. The average molecular weight is 265 g/mol. The van der Waals surface area contributed by atoms with Crippen molar-refractivity contribution in [1.82, 2.24) is 5.16 Å². The van der Waals surface area contributed by atoms with E-state index in [4.69, 9.17) is 4.52 Å². The van der Waals surface area contributed by atoms with Gasteiger partial charge in [-0.25, -0.2) is 4.39 Å². The third-order valence-electron chi connectivity index (χ3n) is 3.12. The topological polar surface area (TPSA) is 26.0 Å². The molecule has 0 radical (unpaired) electrons. The molecular formula is C16H24FNO. The fraction of sp³-hybridized carbons (Fsp3) is 0.562. The molecule has 0 saturated carbocycles. The van der Waals surface area contributed by atoms with E-state index in [9.17, 15) is 4.39 Å². The fourth-order valence-corrected chi connectivity index (χ4v) is 2.34. The molecule has 0 saturated heterocycles. The summed E-state index contributed by atoms with van der Waals surface area (Å²) in [6.07, 6.45) is 4.46. The smallest absolute Gasteiger partial charge is 0.170 e. The molecule has 0 N–H and O–H groups in total. The first-order chi connectivity index (χ1) is 9.26. The number of aromatic nitrogens is 1. The van der Waals surface area contributed by atoms with E-state index in [1.807, 2.05) is 13.8 Å². The lowest BCUT2D eigenvalue weighted by Gasteiger charge is -2.11. The van der Waals surface area contributed by atoms with Crippen LogP contribution in [0.25, 0.3) is 11.0 Å². The molecule has 0 bridgehead atoms. The Balaban J connectivity index is 0.000000861. The highest BCUT2D eigenvalue weighted by atomic mass is 19.1. The Kier molecular flexibility index (Phi) is 6.54. The molecule has 106 valence electrons. The van der Waals surface area contributed by atoms with Crippen LogP contribution >= 0.6 is 0 Å². The van der Waals surface area contributed by atoms with Crippen LogP contribution in [0.5, 0.6) is 0 Å². The van der Waals surface area contributed by atoms with Crippen molar-refractivity contribution in [2.45, 2.75) is 59.3 Å². The lowest BCUT2D eigenvalue weighted by molar-refractivity contribution is 0.424.